The average Bonchev–Trinajstić information content (AvgIpc) is 2.81. The van der Waals surface area contributed by atoms with Gasteiger partial charge in [-0.1, -0.05) is 6.07 Å². The van der Waals surface area contributed by atoms with E-state index in [0.717, 1.165) is 0 Å². The Kier molecular flexibility index (Phi) is 5.31. The molecule has 0 saturated carbocycles. The van der Waals surface area contributed by atoms with Crippen LogP contribution in [0.3, 0.4) is 0 Å². The van der Waals surface area contributed by atoms with Gasteiger partial charge in [-0.05, 0) is 18.4 Å². The Morgan fingerprint density at radius 3 is 2.72 bits per heavy atom. The van der Waals surface area contributed by atoms with Gasteiger partial charge >= 0.3 is 5.97 Å². The van der Waals surface area contributed by atoms with E-state index in [2.05, 4.69) is 10.6 Å². The molecule has 0 aliphatic heterocycles. The number of carboxylic acid groups (broad SMARTS) is 1. The summed E-state index contributed by atoms with van der Waals surface area (Å²) < 4.78 is 0. The molecule has 6 nitrogen and oxygen atoms in total. The van der Waals surface area contributed by atoms with Gasteiger partial charge in [0.15, 0.2) is 0 Å². The van der Waals surface area contributed by atoms with Crippen molar-refractivity contribution >= 4 is 29.1 Å². The second-order valence-corrected chi connectivity index (χ2v) is 4.56. The highest BCUT2D eigenvalue weighted by atomic mass is 32.1. The van der Waals surface area contributed by atoms with Gasteiger partial charge in [0, 0.05) is 13.0 Å². The van der Waals surface area contributed by atoms with E-state index < -0.39 is 17.9 Å². The van der Waals surface area contributed by atoms with E-state index in [0.29, 0.717) is 4.88 Å². The van der Waals surface area contributed by atoms with Crippen molar-refractivity contribution in [1.82, 2.24) is 10.6 Å². The van der Waals surface area contributed by atoms with Gasteiger partial charge in [0.25, 0.3) is 5.91 Å². The molecule has 1 atom stereocenters. The third kappa shape index (κ3) is 4.54. The lowest BCUT2D eigenvalue weighted by molar-refractivity contribution is -0.141. The van der Waals surface area contributed by atoms with Crippen molar-refractivity contribution in [3.05, 3.63) is 22.4 Å². The molecule has 0 aliphatic carbocycles. The van der Waals surface area contributed by atoms with Gasteiger partial charge in [0.1, 0.15) is 6.04 Å². The lowest BCUT2D eigenvalue weighted by Gasteiger charge is -2.09. The second kappa shape index (κ2) is 6.75. The summed E-state index contributed by atoms with van der Waals surface area (Å²) in [7, 11) is 0. The highest BCUT2D eigenvalue weighted by Crippen LogP contribution is 2.07. The molecule has 2 amide bonds. The van der Waals surface area contributed by atoms with Gasteiger partial charge in [-0.3, -0.25) is 14.4 Å². The first kappa shape index (κ1) is 14.2. The first-order chi connectivity index (χ1) is 8.50. The van der Waals surface area contributed by atoms with Crippen LogP contribution >= 0.6 is 11.3 Å². The molecular formula is C11H14N2O4S. The minimum absolute atomic E-state index is 0.0503. The van der Waals surface area contributed by atoms with Crippen LogP contribution in [0.2, 0.25) is 0 Å². The van der Waals surface area contributed by atoms with Crippen LogP contribution in [0.15, 0.2) is 17.5 Å². The molecule has 1 aromatic rings. The topological polar surface area (TPSA) is 95.5 Å². The number of hydrogen-bond donors (Lipinski definition) is 3. The first-order valence-corrected chi connectivity index (χ1v) is 6.22. The van der Waals surface area contributed by atoms with Gasteiger partial charge in [0.05, 0.1) is 4.88 Å². The van der Waals surface area contributed by atoms with Gasteiger partial charge in [-0.25, -0.2) is 0 Å². The van der Waals surface area contributed by atoms with Crippen molar-refractivity contribution < 1.29 is 19.5 Å². The number of carbonyl (C=O) groups excluding carboxylic acids is 2. The van der Waals surface area contributed by atoms with Crippen molar-refractivity contribution in [2.24, 2.45) is 0 Å². The third-order valence-corrected chi connectivity index (χ3v) is 3.00. The fourth-order valence-electron chi connectivity index (χ4n) is 1.16. The van der Waals surface area contributed by atoms with Crippen LogP contribution in [0.25, 0.3) is 0 Å². The zero-order valence-corrected chi connectivity index (χ0v) is 10.6. The van der Waals surface area contributed by atoms with Crippen molar-refractivity contribution in [3.8, 4) is 0 Å². The van der Waals surface area contributed by atoms with Crippen molar-refractivity contribution in [2.45, 2.75) is 19.4 Å². The largest absolute Gasteiger partial charge is 0.480 e. The highest BCUT2D eigenvalue weighted by Gasteiger charge is 2.13. The number of carboxylic acids is 1. The highest BCUT2D eigenvalue weighted by molar-refractivity contribution is 7.12. The van der Waals surface area contributed by atoms with E-state index in [1.807, 2.05) is 0 Å². The number of carbonyl (C=O) groups is 3. The van der Waals surface area contributed by atoms with Crippen LogP contribution in [0, 0.1) is 0 Å². The number of rotatable bonds is 6. The van der Waals surface area contributed by atoms with E-state index in [9.17, 15) is 14.4 Å². The Bertz CT molecular complexity index is 430. The van der Waals surface area contributed by atoms with Gasteiger partial charge in [-0.2, -0.15) is 0 Å². The standard InChI is InChI=1S/C11H14N2O4S/c1-7(11(16)17)13-9(14)4-5-12-10(15)8-3-2-6-18-8/h2-3,6-7H,4-5H2,1H3,(H,12,15)(H,13,14)(H,16,17)/t7-/m1/s1. The Morgan fingerprint density at radius 1 is 1.44 bits per heavy atom. The van der Waals surface area contributed by atoms with Crippen molar-refractivity contribution in [1.29, 1.82) is 0 Å². The van der Waals surface area contributed by atoms with Crippen LogP contribution in [0.1, 0.15) is 23.0 Å². The zero-order chi connectivity index (χ0) is 13.5. The van der Waals surface area contributed by atoms with E-state index in [-0.39, 0.29) is 18.9 Å². The van der Waals surface area contributed by atoms with Gasteiger partial charge in [-0.15, -0.1) is 11.3 Å². The number of nitrogens with one attached hydrogen (secondary N) is 2. The minimum atomic E-state index is -1.09. The SMILES string of the molecule is C[C@@H](NC(=O)CCNC(=O)c1cccs1)C(=O)O. The molecule has 0 saturated heterocycles. The summed E-state index contributed by atoms with van der Waals surface area (Å²) in [6.45, 7) is 1.55. The zero-order valence-electron chi connectivity index (χ0n) is 9.80. The van der Waals surface area contributed by atoms with Crippen LogP contribution in [0.4, 0.5) is 0 Å². The molecule has 0 aliphatic rings. The van der Waals surface area contributed by atoms with Crippen molar-refractivity contribution in [3.63, 3.8) is 0 Å². The maximum Gasteiger partial charge on any atom is 0.325 e. The van der Waals surface area contributed by atoms with Crippen LogP contribution in [-0.4, -0.2) is 35.5 Å². The molecule has 3 N–H and O–H groups in total. The average molecular weight is 270 g/mol. The number of amides is 2. The van der Waals surface area contributed by atoms with Crippen molar-refractivity contribution in [2.75, 3.05) is 6.54 Å². The molecule has 1 rings (SSSR count). The summed E-state index contributed by atoms with van der Waals surface area (Å²) in [5.74, 6) is -1.73. The third-order valence-electron chi connectivity index (χ3n) is 2.13. The summed E-state index contributed by atoms with van der Waals surface area (Å²) in [5.41, 5.74) is 0. The number of thiophene rings is 1. The van der Waals surface area contributed by atoms with Crippen LogP contribution in [-0.2, 0) is 9.59 Å². The van der Waals surface area contributed by atoms with Gasteiger partial charge < -0.3 is 15.7 Å². The Balaban J connectivity index is 2.24. The molecule has 0 fully saturated rings. The van der Waals surface area contributed by atoms with E-state index in [4.69, 9.17) is 5.11 Å². The molecule has 0 spiro atoms. The van der Waals surface area contributed by atoms with Gasteiger partial charge in [0.2, 0.25) is 5.91 Å². The fraction of sp³-hybridized carbons (Fsp3) is 0.364. The smallest absolute Gasteiger partial charge is 0.325 e. The molecule has 1 aromatic heterocycles. The maximum atomic E-state index is 11.5. The van der Waals surface area contributed by atoms with E-state index in [1.54, 1.807) is 17.5 Å². The first-order valence-electron chi connectivity index (χ1n) is 5.34. The summed E-state index contributed by atoms with van der Waals surface area (Å²) in [4.78, 5) is 33.9. The summed E-state index contributed by atoms with van der Waals surface area (Å²) in [5, 5.41) is 15.3. The summed E-state index contributed by atoms with van der Waals surface area (Å²) >= 11 is 1.31. The Hall–Kier alpha value is -1.89. The molecule has 98 valence electrons. The minimum Gasteiger partial charge on any atom is -0.480 e. The number of hydrogen-bond acceptors (Lipinski definition) is 4. The fourth-order valence-corrected chi connectivity index (χ4v) is 1.80. The molecule has 18 heavy (non-hydrogen) atoms. The lowest BCUT2D eigenvalue weighted by atomic mass is 10.3. The molecule has 0 unspecified atom stereocenters. The Morgan fingerprint density at radius 2 is 2.17 bits per heavy atom. The van der Waals surface area contributed by atoms with Crippen LogP contribution < -0.4 is 10.6 Å². The summed E-state index contributed by atoms with van der Waals surface area (Å²) in [6, 6.07) is 2.53. The van der Waals surface area contributed by atoms with E-state index in [1.165, 1.54) is 18.3 Å². The number of aliphatic carboxylic acids is 1. The predicted octanol–water partition coefficient (Wildman–Crippen LogP) is 0.457. The lowest BCUT2D eigenvalue weighted by Crippen LogP contribution is -2.39. The van der Waals surface area contributed by atoms with E-state index >= 15 is 0 Å². The molecule has 0 bridgehead atoms. The second-order valence-electron chi connectivity index (χ2n) is 3.61. The summed E-state index contributed by atoms with van der Waals surface area (Å²) in [6.07, 6.45) is 0.0503. The molecule has 1 heterocycles. The predicted molar refractivity (Wildman–Crippen MR) is 66.5 cm³/mol. The Labute approximate surface area is 108 Å². The molecule has 0 aromatic carbocycles. The molecular weight excluding hydrogens is 256 g/mol. The quantitative estimate of drug-likeness (QED) is 0.699. The molecule has 0 radical (unpaired) electrons. The molecule has 7 heteroatoms. The maximum absolute atomic E-state index is 11.5. The van der Waals surface area contributed by atoms with Crippen LogP contribution in [0.5, 0.6) is 0 Å². The normalized spacial score (nSPS) is 11.6. The monoisotopic (exact) mass is 270 g/mol.